The van der Waals surface area contributed by atoms with Crippen molar-refractivity contribution < 1.29 is 23.4 Å². The quantitative estimate of drug-likeness (QED) is 0.575. The number of sulfonamides is 1. The number of hydrogen-bond donors (Lipinski definition) is 2. The van der Waals surface area contributed by atoms with Gasteiger partial charge in [-0.1, -0.05) is 0 Å². The number of carboxylic acids is 1. The van der Waals surface area contributed by atoms with Crippen LogP contribution in [0.3, 0.4) is 0 Å². The number of aliphatic carboxylic acids is 1. The van der Waals surface area contributed by atoms with Crippen LogP contribution in [0.4, 0.5) is 0 Å². The Morgan fingerprint density at radius 3 is 2.38 bits per heavy atom. The van der Waals surface area contributed by atoms with Gasteiger partial charge in [0.15, 0.2) is 0 Å². The smallest absolute Gasteiger partial charge is 0.322 e. The SMILES string of the molecule is CS(=O)(=O)N1CC(O)CC1C(=O)O. The van der Waals surface area contributed by atoms with Crippen molar-refractivity contribution in [3.8, 4) is 0 Å². The molecule has 0 radical (unpaired) electrons. The first-order valence-electron chi connectivity index (χ1n) is 3.70. The van der Waals surface area contributed by atoms with E-state index < -0.39 is 28.1 Å². The molecular weight excluding hydrogens is 198 g/mol. The first-order chi connectivity index (χ1) is 5.82. The highest BCUT2D eigenvalue weighted by atomic mass is 32.2. The summed E-state index contributed by atoms with van der Waals surface area (Å²) in [6.45, 7) is -0.129. The third kappa shape index (κ3) is 2.17. The normalized spacial score (nSPS) is 30.6. The zero-order valence-corrected chi connectivity index (χ0v) is 7.86. The molecule has 7 heteroatoms. The summed E-state index contributed by atoms with van der Waals surface area (Å²) in [6, 6.07) is -1.12. The summed E-state index contributed by atoms with van der Waals surface area (Å²) in [6.07, 6.45) is 0.0134. The highest BCUT2D eigenvalue weighted by Crippen LogP contribution is 2.20. The fourth-order valence-corrected chi connectivity index (χ4v) is 2.46. The molecule has 2 unspecified atom stereocenters. The molecule has 0 aromatic heterocycles. The number of rotatable bonds is 2. The molecule has 2 atom stereocenters. The Bertz CT molecular complexity index is 311. The van der Waals surface area contributed by atoms with E-state index in [4.69, 9.17) is 10.2 Å². The maximum atomic E-state index is 11.0. The van der Waals surface area contributed by atoms with E-state index in [1.807, 2.05) is 0 Å². The zero-order chi connectivity index (χ0) is 10.2. The van der Waals surface area contributed by atoms with Gasteiger partial charge in [-0.3, -0.25) is 4.79 Å². The molecule has 1 rings (SSSR count). The minimum absolute atomic E-state index is 0.0393. The average Bonchev–Trinajstić information content (AvgIpc) is 2.29. The number of carbonyl (C=O) groups is 1. The van der Waals surface area contributed by atoms with Crippen molar-refractivity contribution in [3.63, 3.8) is 0 Å². The van der Waals surface area contributed by atoms with Crippen LogP contribution in [0.25, 0.3) is 0 Å². The van der Waals surface area contributed by atoms with Gasteiger partial charge in [0, 0.05) is 13.0 Å². The molecule has 0 aromatic carbocycles. The third-order valence-corrected chi connectivity index (χ3v) is 3.20. The molecule has 76 valence electrons. The van der Waals surface area contributed by atoms with E-state index in [0.29, 0.717) is 0 Å². The van der Waals surface area contributed by atoms with Crippen LogP contribution in [-0.2, 0) is 14.8 Å². The van der Waals surface area contributed by atoms with E-state index >= 15 is 0 Å². The number of aliphatic hydroxyl groups is 1. The summed E-state index contributed by atoms with van der Waals surface area (Å²) in [7, 11) is -3.54. The summed E-state index contributed by atoms with van der Waals surface area (Å²) in [4.78, 5) is 10.6. The number of β-amino-alcohol motifs (C(OH)–C–C–N with tert-alkyl or cyclic N) is 1. The van der Waals surface area contributed by atoms with Gasteiger partial charge in [0.2, 0.25) is 10.0 Å². The van der Waals surface area contributed by atoms with Crippen LogP contribution in [-0.4, -0.2) is 53.9 Å². The molecule has 0 bridgehead atoms. The van der Waals surface area contributed by atoms with Gasteiger partial charge < -0.3 is 10.2 Å². The number of aliphatic hydroxyl groups excluding tert-OH is 1. The highest BCUT2D eigenvalue weighted by molar-refractivity contribution is 7.88. The molecule has 13 heavy (non-hydrogen) atoms. The second kappa shape index (κ2) is 3.24. The monoisotopic (exact) mass is 209 g/mol. The van der Waals surface area contributed by atoms with E-state index in [2.05, 4.69) is 0 Å². The van der Waals surface area contributed by atoms with E-state index in [1.54, 1.807) is 0 Å². The minimum atomic E-state index is -3.54. The summed E-state index contributed by atoms with van der Waals surface area (Å²) >= 11 is 0. The molecule has 1 heterocycles. The second-order valence-electron chi connectivity index (χ2n) is 3.08. The molecule has 1 aliphatic rings. The van der Waals surface area contributed by atoms with Crippen LogP contribution < -0.4 is 0 Å². The molecule has 6 nitrogen and oxygen atoms in total. The number of carboxylic acid groups (broad SMARTS) is 1. The van der Waals surface area contributed by atoms with Crippen LogP contribution in [0.5, 0.6) is 0 Å². The van der Waals surface area contributed by atoms with E-state index in [0.717, 1.165) is 10.6 Å². The van der Waals surface area contributed by atoms with Gasteiger partial charge in [0.1, 0.15) is 6.04 Å². The van der Waals surface area contributed by atoms with Gasteiger partial charge in [-0.05, 0) is 0 Å². The maximum absolute atomic E-state index is 11.0. The molecule has 2 N–H and O–H groups in total. The standard InChI is InChI=1S/C6H11NO5S/c1-13(11,12)7-3-4(8)2-5(7)6(9)10/h4-5,8H,2-3H2,1H3,(H,9,10). The molecule has 0 amide bonds. The predicted octanol–water partition coefficient (Wildman–Crippen LogP) is -1.53. The summed E-state index contributed by atoms with van der Waals surface area (Å²) in [5.41, 5.74) is 0. The zero-order valence-electron chi connectivity index (χ0n) is 7.04. The van der Waals surface area contributed by atoms with Gasteiger partial charge in [-0.2, -0.15) is 4.31 Å². The van der Waals surface area contributed by atoms with Gasteiger partial charge in [0.05, 0.1) is 12.4 Å². The molecule has 0 saturated carbocycles. The van der Waals surface area contributed by atoms with Crippen molar-refractivity contribution in [3.05, 3.63) is 0 Å². The van der Waals surface area contributed by atoms with Gasteiger partial charge in [-0.25, -0.2) is 8.42 Å². The fourth-order valence-electron chi connectivity index (χ4n) is 1.38. The molecule has 1 saturated heterocycles. The molecular formula is C6H11NO5S. The summed E-state index contributed by atoms with van der Waals surface area (Å²) in [5, 5.41) is 17.8. The Labute approximate surface area is 75.8 Å². The van der Waals surface area contributed by atoms with Crippen molar-refractivity contribution >= 4 is 16.0 Å². The first-order valence-corrected chi connectivity index (χ1v) is 5.55. The van der Waals surface area contributed by atoms with Crippen LogP contribution in [0.1, 0.15) is 6.42 Å². The van der Waals surface area contributed by atoms with Crippen LogP contribution in [0, 0.1) is 0 Å². The Kier molecular flexibility index (Phi) is 2.60. The van der Waals surface area contributed by atoms with Gasteiger partial charge in [0.25, 0.3) is 0 Å². The number of hydrogen-bond acceptors (Lipinski definition) is 4. The molecule has 1 aliphatic heterocycles. The van der Waals surface area contributed by atoms with Gasteiger partial charge >= 0.3 is 5.97 Å². The Balaban J connectivity index is 2.91. The lowest BCUT2D eigenvalue weighted by atomic mass is 10.2. The maximum Gasteiger partial charge on any atom is 0.322 e. The van der Waals surface area contributed by atoms with Crippen LogP contribution in [0.2, 0.25) is 0 Å². The van der Waals surface area contributed by atoms with E-state index in [9.17, 15) is 13.2 Å². The Morgan fingerprint density at radius 2 is 2.08 bits per heavy atom. The molecule has 1 fully saturated rings. The van der Waals surface area contributed by atoms with Crippen molar-refractivity contribution in [1.29, 1.82) is 0 Å². The van der Waals surface area contributed by atoms with Crippen LogP contribution >= 0.6 is 0 Å². The fraction of sp³-hybridized carbons (Fsp3) is 0.833. The van der Waals surface area contributed by atoms with Crippen LogP contribution in [0.15, 0.2) is 0 Å². The topological polar surface area (TPSA) is 94.9 Å². The lowest BCUT2D eigenvalue weighted by Crippen LogP contribution is -2.39. The van der Waals surface area contributed by atoms with Crippen molar-refractivity contribution in [2.45, 2.75) is 18.6 Å². The third-order valence-electron chi connectivity index (χ3n) is 1.94. The summed E-state index contributed by atoms with van der Waals surface area (Å²) < 4.78 is 22.9. The lowest BCUT2D eigenvalue weighted by Gasteiger charge is -2.17. The minimum Gasteiger partial charge on any atom is -0.480 e. The lowest BCUT2D eigenvalue weighted by molar-refractivity contribution is -0.140. The Morgan fingerprint density at radius 1 is 1.54 bits per heavy atom. The number of nitrogens with zero attached hydrogens (tertiary/aromatic N) is 1. The largest absolute Gasteiger partial charge is 0.480 e. The highest BCUT2D eigenvalue weighted by Gasteiger charge is 2.40. The Hall–Kier alpha value is -0.660. The van der Waals surface area contributed by atoms with Crippen molar-refractivity contribution in [2.75, 3.05) is 12.8 Å². The second-order valence-corrected chi connectivity index (χ2v) is 5.01. The molecule has 0 spiro atoms. The average molecular weight is 209 g/mol. The van der Waals surface area contributed by atoms with Gasteiger partial charge in [-0.15, -0.1) is 0 Å². The molecule has 0 aliphatic carbocycles. The van der Waals surface area contributed by atoms with E-state index in [1.165, 1.54) is 0 Å². The predicted molar refractivity (Wildman–Crippen MR) is 43.6 cm³/mol. The van der Waals surface area contributed by atoms with E-state index in [-0.39, 0.29) is 13.0 Å². The first kappa shape index (κ1) is 10.4. The summed E-state index contributed by atoms with van der Waals surface area (Å²) in [5.74, 6) is -1.22. The van der Waals surface area contributed by atoms with Crippen molar-refractivity contribution in [1.82, 2.24) is 4.31 Å². The van der Waals surface area contributed by atoms with Crippen molar-refractivity contribution in [2.24, 2.45) is 0 Å². The molecule has 0 aromatic rings.